The smallest absolute Gasteiger partial charge is 0.191 e. The first kappa shape index (κ1) is 23.6. The molecule has 1 aliphatic heterocycles. The molecule has 2 aromatic heterocycles. The minimum absolute atomic E-state index is 0. The highest BCUT2D eigenvalue weighted by Crippen LogP contribution is 2.12. The van der Waals surface area contributed by atoms with E-state index in [1.807, 2.05) is 22.9 Å². The molecule has 9 heteroatoms. The van der Waals surface area contributed by atoms with Crippen LogP contribution in [0.2, 0.25) is 0 Å². The molecule has 0 saturated carbocycles. The Balaban J connectivity index is 0.00000300. The van der Waals surface area contributed by atoms with Crippen molar-refractivity contribution in [3.63, 3.8) is 0 Å². The summed E-state index contributed by atoms with van der Waals surface area (Å²) in [4.78, 5) is 13.1. The van der Waals surface area contributed by atoms with Crippen LogP contribution >= 0.6 is 24.0 Å². The topological polar surface area (TPSA) is 85.6 Å². The minimum atomic E-state index is 0. The monoisotopic (exact) mass is 514 g/mol. The molecular weight excluding hydrogens is 483 g/mol. The molecule has 29 heavy (non-hydrogen) atoms. The number of hydrogen-bond donors (Lipinski definition) is 2. The van der Waals surface area contributed by atoms with Gasteiger partial charge in [0.05, 0.1) is 19.8 Å². The Morgan fingerprint density at radius 2 is 2.31 bits per heavy atom. The molecule has 1 aliphatic rings. The Labute approximate surface area is 189 Å². The molecule has 8 nitrogen and oxygen atoms in total. The van der Waals surface area contributed by atoms with E-state index in [2.05, 4.69) is 32.5 Å². The average molecular weight is 514 g/mol. The van der Waals surface area contributed by atoms with Gasteiger partial charge in [-0.3, -0.25) is 4.57 Å². The lowest BCUT2D eigenvalue weighted by Gasteiger charge is -2.12. The maximum atomic E-state index is 5.74. The van der Waals surface area contributed by atoms with Crippen molar-refractivity contribution in [1.29, 1.82) is 0 Å². The van der Waals surface area contributed by atoms with Crippen LogP contribution in [0.3, 0.4) is 0 Å². The third-order valence-corrected chi connectivity index (χ3v) is 4.48. The van der Waals surface area contributed by atoms with Gasteiger partial charge in [0, 0.05) is 50.8 Å². The van der Waals surface area contributed by atoms with Gasteiger partial charge in [-0.1, -0.05) is 0 Å². The van der Waals surface area contributed by atoms with Crippen molar-refractivity contribution < 1.29 is 9.47 Å². The van der Waals surface area contributed by atoms with Gasteiger partial charge in [0.15, 0.2) is 5.96 Å². The number of pyridine rings is 1. The van der Waals surface area contributed by atoms with Crippen molar-refractivity contribution in [3.8, 4) is 5.82 Å². The molecule has 0 radical (unpaired) electrons. The zero-order chi connectivity index (χ0) is 19.4. The number of guanidine groups is 1. The predicted molar refractivity (Wildman–Crippen MR) is 124 cm³/mol. The molecule has 0 spiro atoms. The number of hydrogen-bond acceptors (Lipinski definition) is 5. The summed E-state index contributed by atoms with van der Waals surface area (Å²) >= 11 is 0. The minimum Gasteiger partial charge on any atom is -0.381 e. The lowest BCUT2D eigenvalue weighted by molar-refractivity contribution is 0.0888. The summed E-state index contributed by atoms with van der Waals surface area (Å²) in [5, 5.41) is 6.65. The number of halogens is 1. The highest BCUT2D eigenvalue weighted by molar-refractivity contribution is 14.0. The van der Waals surface area contributed by atoms with Gasteiger partial charge < -0.3 is 20.1 Å². The zero-order valence-corrected chi connectivity index (χ0v) is 19.2. The lowest BCUT2D eigenvalue weighted by Crippen LogP contribution is -2.38. The summed E-state index contributed by atoms with van der Waals surface area (Å²) < 4.78 is 13.0. The second kappa shape index (κ2) is 13.5. The van der Waals surface area contributed by atoms with E-state index in [0.717, 1.165) is 69.7 Å². The quantitative estimate of drug-likeness (QED) is 0.219. The van der Waals surface area contributed by atoms with Crippen LogP contribution in [0.5, 0.6) is 0 Å². The van der Waals surface area contributed by atoms with Crippen molar-refractivity contribution in [2.45, 2.75) is 26.3 Å². The normalized spacial score (nSPS) is 16.4. The highest BCUT2D eigenvalue weighted by Gasteiger charge is 2.15. The Bertz CT molecular complexity index is 720. The Kier molecular flexibility index (Phi) is 11.0. The molecule has 0 amide bonds. The van der Waals surface area contributed by atoms with Crippen LogP contribution in [0.4, 0.5) is 0 Å². The van der Waals surface area contributed by atoms with Crippen LogP contribution in [0.15, 0.2) is 42.0 Å². The maximum absolute atomic E-state index is 5.74. The van der Waals surface area contributed by atoms with Gasteiger partial charge in [0.1, 0.15) is 12.1 Å². The Morgan fingerprint density at radius 3 is 3.07 bits per heavy atom. The molecule has 2 N–H and O–H groups in total. The van der Waals surface area contributed by atoms with Crippen LogP contribution in [0, 0.1) is 5.92 Å². The second-order valence-electron chi connectivity index (χ2n) is 6.77. The molecule has 0 aliphatic carbocycles. The summed E-state index contributed by atoms with van der Waals surface area (Å²) in [7, 11) is 0. The van der Waals surface area contributed by atoms with Gasteiger partial charge >= 0.3 is 0 Å². The molecule has 1 saturated heterocycles. The summed E-state index contributed by atoms with van der Waals surface area (Å²) in [5.41, 5.74) is 1.10. The van der Waals surface area contributed by atoms with E-state index < -0.39 is 0 Å². The van der Waals surface area contributed by atoms with E-state index in [4.69, 9.17) is 9.47 Å². The van der Waals surface area contributed by atoms with Gasteiger partial charge in [-0.05, 0) is 37.5 Å². The van der Waals surface area contributed by atoms with Gasteiger partial charge in [-0.2, -0.15) is 0 Å². The molecule has 3 rings (SSSR count). The van der Waals surface area contributed by atoms with E-state index in [-0.39, 0.29) is 24.0 Å². The standard InChI is InChI=1S/C20H30N6O2.HI/c1-2-22-20(24-6-3-10-27-14-18-5-11-28-15-18)25-13-17-4-7-23-19(12-17)26-9-8-21-16-26;/h4,7-9,12,16,18H,2-3,5-6,10-11,13-15H2,1H3,(H2,22,24,25);1H. The average Bonchev–Trinajstić information content (AvgIpc) is 3.43. The van der Waals surface area contributed by atoms with E-state index in [1.54, 1.807) is 18.7 Å². The first-order valence-corrected chi connectivity index (χ1v) is 9.96. The first-order valence-electron chi connectivity index (χ1n) is 9.96. The molecule has 1 fully saturated rings. The van der Waals surface area contributed by atoms with E-state index in [9.17, 15) is 0 Å². The summed E-state index contributed by atoms with van der Waals surface area (Å²) in [6, 6.07) is 4.00. The summed E-state index contributed by atoms with van der Waals surface area (Å²) in [5.74, 6) is 2.22. The van der Waals surface area contributed by atoms with Crippen molar-refractivity contribution in [1.82, 2.24) is 25.2 Å². The molecule has 0 bridgehead atoms. The summed E-state index contributed by atoms with van der Waals surface area (Å²) in [6.07, 6.45) is 9.22. The van der Waals surface area contributed by atoms with Gasteiger partial charge in [0.2, 0.25) is 0 Å². The van der Waals surface area contributed by atoms with Gasteiger partial charge in [-0.25, -0.2) is 15.0 Å². The van der Waals surface area contributed by atoms with Crippen LogP contribution in [-0.2, 0) is 16.0 Å². The predicted octanol–water partition coefficient (Wildman–Crippen LogP) is 2.38. The molecule has 2 aromatic rings. The zero-order valence-electron chi connectivity index (χ0n) is 16.9. The fourth-order valence-corrected chi connectivity index (χ4v) is 2.95. The number of aromatic nitrogens is 3. The number of imidazole rings is 1. The largest absolute Gasteiger partial charge is 0.381 e. The number of aliphatic imine (C=N–C) groups is 1. The van der Waals surface area contributed by atoms with Crippen molar-refractivity contribution in [2.24, 2.45) is 10.9 Å². The molecule has 3 heterocycles. The molecule has 160 valence electrons. The Morgan fingerprint density at radius 1 is 1.38 bits per heavy atom. The van der Waals surface area contributed by atoms with Crippen molar-refractivity contribution in [3.05, 3.63) is 42.6 Å². The van der Waals surface area contributed by atoms with Crippen LogP contribution < -0.4 is 10.6 Å². The molecule has 1 atom stereocenters. The lowest BCUT2D eigenvalue weighted by atomic mass is 10.1. The van der Waals surface area contributed by atoms with Crippen LogP contribution in [-0.4, -0.2) is 60.0 Å². The van der Waals surface area contributed by atoms with Gasteiger partial charge in [-0.15, -0.1) is 24.0 Å². The Hall–Kier alpha value is -1.72. The van der Waals surface area contributed by atoms with Crippen molar-refractivity contribution >= 4 is 29.9 Å². The highest BCUT2D eigenvalue weighted by atomic mass is 127. The van der Waals surface area contributed by atoms with E-state index in [0.29, 0.717) is 12.5 Å². The third kappa shape index (κ3) is 8.27. The van der Waals surface area contributed by atoms with E-state index in [1.165, 1.54) is 0 Å². The van der Waals surface area contributed by atoms with Crippen LogP contribution in [0.1, 0.15) is 25.3 Å². The molecule has 1 unspecified atom stereocenters. The second-order valence-corrected chi connectivity index (χ2v) is 6.77. The molecule has 0 aromatic carbocycles. The first-order chi connectivity index (χ1) is 13.8. The SMILES string of the molecule is CCNC(=NCc1ccnc(-n2ccnc2)c1)NCCCOCC1CCOC1.I. The number of nitrogens with zero attached hydrogens (tertiary/aromatic N) is 4. The maximum Gasteiger partial charge on any atom is 0.191 e. The van der Waals surface area contributed by atoms with Crippen molar-refractivity contribution in [2.75, 3.05) is 39.5 Å². The van der Waals surface area contributed by atoms with E-state index >= 15 is 0 Å². The number of rotatable bonds is 10. The van der Waals surface area contributed by atoms with Crippen LogP contribution in [0.25, 0.3) is 5.82 Å². The molecular formula is C20H31IN6O2. The third-order valence-electron chi connectivity index (χ3n) is 4.48. The summed E-state index contributed by atoms with van der Waals surface area (Å²) in [6.45, 7) is 7.55. The number of ether oxygens (including phenoxy) is 2. The fraction of sp³-hybridized carbons (Fsp3) is 0.550. The van der Waals surface area contributed by atoms with Gasteiger partial charge in [0.25, 0.3) is 0 Å². The fourth-order valence-electron chi connectivity index (χ4n) is 2.95. The number of nitrogens with one attached hydrogen (secondary N) is 2.